The molecule has 1 aliphatic rings. The highest BCUT2D eigenvalue weighted by molar-refractivity contribution is 5.97. The van der Waals surface area contributed by atoms with Gasteiger partial charge >= 0.3 is 0 Å². The number of amides is 1. The van der Waals surface area contributed by atoms with E-state index in [0.29, 0.717) is 25.3 Å². The van der Waals surface area contributed by atoms with Crippen molar-refractivity contribution in [2.75, 3.05) is 37.7 Å². The molecular formula is C21H24N4O2. The fraction of sp³-hybridized carbons (Fsp3) is 0.333. The van der Waals surface area contributed by atoms with Gasteiger partial charge < -0.3 is 19.1 Å². The summed E-state index contributed by atoms with van der Waals surface area (Å²) in [4.78, 5) is 21.5. The van der Waals surface area contributed by atoms with Crippen LogP contribution in [0.2, 0.25) is 0 Å². The Kier molecular flexibility index (Phi) is 4.71. The average molecular weight is 364 g/mol. The van der Waals surface area contributed by atoms with Gasteiger partial charge in [-0.15, -0.1) is 0 Å². The number of aromatic nitrogens is 2. The molecule has 3 aromatic rings. The van der Waals surface area contributed by atoms with Crippen molar-refractivity contribution in [2.45, 2.75) is 6.92 Å². The fourth-order valence-electron chi connectivity index (χ4n) is 3.60. The van der Waals surface area contributed by atoms with E-state index in [-0.39, 0.29) is 5.91 Å². The summed E-state index contributed by atoms with van der Waals surface area (Å²) in [5.74, 6) is 0.973. The van der Waals surface area contributed by atoms with Crippen LogP contribution < -0.4 is 9.64 Å². The Balaban J connectivity index is 1.46. The van der Waals surface area contributed by atoms with Crippen LogP contribution in [0, 0.1) is 0 Å². The number of carbonyl (C=O) groups excluding carboxylic acids is 1. The molecule has 27 heavy (non-hydrogen) atoms. The molecule has 4 rings (SSSR count). The van der Waals surface area contributed by atoms with Gasteiger partial charge in [-0.3, -0.25) is 4.79 Å². The first-order valence-corrected chi connectivity index (χ1v) is 9.34. The molecule has 1 aromatic heterocycles. The minimum absolute atomic E-state index is 0.0697. The van der Waals surface area contributed by atoms with Gasteiger partial charge in [0.25, 0.3) is 5.91 Å². The molecule has 0 spiro atoms. The normalized spacial score (nSPS) is 14.6. The van der Waals surface area contributed by atoms with Crippen LogP contribution in [0.3, 0.4) is 0 Å². The number of aryl methyl sites for hydroxylation is 1. The zero-order chi connectivity index (χ0) is 18.8. The van der Waals surface area contributed by atoms with Gasteiger partial charge in [0.15, 0.2) is 0 Å². The molecular weight excluding hydrogens is 340 g/mol. The van der Waals surface area contributed by atoms with Crippen molar-refractivity contribution >= 4 is 22.6 Å². The molecule has 6 heteroatoms. The van der Waals surface area contributed by atoms with Crippen LogP contribution in [0.5, 0.6) is 5.75 Å². The maximum absolute atomic E-state index is 12.9. The summed E-state index contributed by atoms with van der Waals surface area (Å²) in [5.41, 5.74) is 3.68. The average Bonchev–Trinajstić information content (AvgIpc) is 3.08. The van der Waals surface area contributed by atoms with Crippen LogP contribution in [0.4, 0.5) is 5.69 Å². The quantitative estimate of drug-likeness (QED) is 0.714. The zero-order valence-electron chi connectivity index (χ0n) is 15.8. The van der Waals surface area contributed by atoms with Gasteiger partial charge in [0.2, 0.25) is 0 Å². The van der Waals surface area contributed by atoms with Crippen molar-refractivity contribution in [2.24, 2.45) is 7.05 Å². The molecule has 1 amide bonds. The molecule has 1 aliphatic heterocycles. The summed E-state index contributed by atoms with van der Waals surface area (Å²) < 4.78 is 7.70. The van der Waals surface area contributed by atoms with Crippen LogP contribution in [-0.2, 0) is 7.05 Å². The second kappa shape index (κ2) is 7.31. The topological polar surface area (TPSA) is 50.6 Å². The van der Waals surface area contributed by atoms with Gasteiger partial charge in [-0.25, -0.2) is 4.98 Å². The summed E-state index contributed by atoms with van der Waals surface area (Å²) in [7, 11) is 1.95. The highest BCUT2D eigenvalue weighted by Crippen LogP contribution is 2.29. The van der Waals surface area contributed by atoms with E-state index in [1.54, 1.807) is 6.33 Å². The number of anilines is 1. The number of piperazine rings is 1. The van der Waals surface area contributed by atoms with Gasteiger partial charge in [0.05, 0.1) is 29.7 Å². The van der Waals surface area contributed by atoms with Crippen molar-refractivity contribution in [3.05, 3.63) is 54.4 Å². The minimum Gasteiger partial charge on any atom is -0.492 e. The maximum atomic E-state index is 12.9. The summed E-state index contributed by atoms with van der Waals surface area (Å²) in [6.07, 6.45) is 1.77. The number of benzene rings is 2. The first-order chi connectivity index (χ1) is 13.2. The maximum Gasteiger partial charge on any atom is 0.254 e. The molecule has 0 atom stereocenters. The van der Waals surface area contributed by atoms with E-state index >= 15 is 0 Å². The van der Waals surface area contributed by atoms with Crippen LogP contribution in [0.1, 0.15) is 17.3 Å². The third kappa shape index (κ3) is 3.35. The van der Waals surface area contributed by atoms with Crippen LogP contribution >= 0.6 is 0 Å². The van der Waals surface area contributed by atoms with E-state index in [9.17, 15) is 4.79 Å². The number of fused-ring (bicyclic) bond motifs is 1. The molecule has 6 nitrogen and oxygen atoms in total. The summed E-state index contributed by atoms with van der Waals surface area (Å²) in [5, 5.41) is 0. The van der Waals surface area contributed by atoms with Crippen LogP contribution in [0.15, 0.2) is 48.8 Å². The van der Waals surface area contributed by atoms with Gasteiger partial charge in [0, 0.05) is 38.8 Å². The predicted molar refractivity (Wildman–Crippen MR) is 106 cm³/mol. The number of imidazole rings is 1. The van der Waals surface area contributed by atoms with Crippen molar-refractivity contribution in [1.82, 2.24) is 14.5 Å². The van der Waals surface area contributed by atoms with Crippen LogP contribution in [0.25, 0.3) is 11.0 Å². The standard InChI is InChI=1S/C21H24N4O2/c1-3-27-20-7-5-4-6-19(20)24-10-12-25(13-11-24)21(26)16-8-9-18-17(14-16)22-15-23(18)2/h4-9,14-15H,3,10-13H2,1-2H3. The van der Waals surface area contributed by atoms with E-state index in [2.05, 4.69) is 16.0 Å². The Morgan fingerprint density at radius 3 is 2.67 bits per heavy atom. The lowest BCUT2D eigenvalue weighted by molar-refractivity contribution is 0.0747. The molecule has 2 aromatic carbocycles. The van der Waals surface area contributed by atoms with E-state index in [4.69, 9.17) is 4.74 Å². The van der Waals surface area contributed by atoms with Crippen molar-refractivity contribution < 1.29 is 9.53 Å². The van der Waals surface area contributed by atoms with Crippen molar-refractivity contribution in [1.29, 1.82) is 0 Å². The molecule has 0 unspecified atom stereocenters. The number of carbonyl (C=O) groups is 1. The lowest BCUT2D eigenvalue weighted by Gasteiger charge is -2.36. The lowest BCUT2D eigenvalue weighted by atomic mass is 10.1. The Hall–Kier alpha value is -3.02. The van der Waals surface area contributed by atoms with E-state index in [1.807, 2.05) is 59.8 Å². The Labute approximate surface area is 159 Å². The second-order valence-electron chi connectivity index (χ2n) is 6.74. The third-order valence-electron chi connectivity index (χ3n) is 5.05. The molecule has 2 heterocycles. The van der Waals surface area contributed by atoms with Crippen LogP contribution in [-0.4, -0.2) is 53.1 Å². The predicted octanol–water partition coefficient (Wildman–Crippen LogP) is 2.93. The zero-order valence-corrected chi connectivity index (χ0v) is 15.8. The van der Waals surface area contributed by atoms with Crippen molar-refractivity contribution in [3.63, 3.8) is 0 Å². The molecule has 1 fully saturated rings. The second-order valence-corrected chi connectivity index (χ2v) is 6.74. The number of para-hydroxylation sites is 2. The molecule has 0 aliphatic carbocycles. The molecule has 0 N–H and O–H groups in total. The number of hydrogen-bond donors (Lipinski definition) is 0. The van der Waals surface area contributed by atoms with Gasteiger partial charge in [0.1, 0.15) is 5.75 Å². The summed E-state index contributed by atoms with van der Waals surface area (Å²) >= 11 is 0. The first-order valence-electron chi connectivity index (χ1n) is 9.34. The highest BCUT2D eigenvalue weighted by atomic mass is 16.5. The third-order valence-corrected chi connectivity index (χ3v) is 5.05. The number of nitrogens with zero attached hydrogens (tertiary/aromatic N) is 4. The highest BCUT2D eigenvalue weighted by Gasteiger charge is 2.24. The Bertz CT molecular complexity index is 958. The minimum atomic E-state index is 0.0697. The number of hydrogen-bond acceptors (Lipinski definition) is 4. The molecule has 1 saturated heterocycles. The smallest absolute Gasteiger partial charge is 0.254 e. The summed E-state index contributed by atoms with van der Waals surface area (Å²) in [6.45, 7) is 5.61. The van der Waals surface area contributed by atoms with Gasteiger partial charge in [-0.1, -0.05) is 12.1 Å². The largest absolute Gasteiger partial charge is 0.492 e. The number of rotatable bonds is 4. The number of ether oxygens (including phenoxy) is 1. The van der Waals surface area contributed by atoms with E-state index in [1.165, 1.54) is 0 Å². The lowest BCUT2D eigenvalue weighted by Crippen LogP contribution is -2.48. The molecule has 0 saturated carbocycles. The fourth-order valence-corrected chi connectivity index (χ4v) is 3.60. The van der Waals surface area contributed by atoms with E-state index < -0.39 is 0 Å². The SMILES string of the molecule is CCOc1ccccc1N1CCN(C(=O)c2ccc3c(c2)ncn3C)CC1. The van der Waals surface area contributed by atoms with Gasteiger partial charge in [-0.2, -0.15) is 0 Å². The molecule has 0 bridgehead atoms. The molecule has 140 valence electrons. The summed E-state index contributed by atoms with van der Waals surface area (Å²) in [6, 6.07) is 13.8. The van der Waals surface area contributed by atoms with E-state index in [0.717, 1.165) is 35.6 Å². The molecule has 0 radical (unpaired) electrons. The van der Waals surface area contributed by atoms with Crippen molar-refractivity contribution in [3.8, 4) is 5.75 Å². The monoisotopic (exact) mass is 364 g/mol. The Morgan fingerprint density at radius 2 is 1.89 bits per heavy atom. The van der Waals surface area contributed by atoms with Gasteiger partial charge in [-0.05, 0) is 37.3 Å². The Morgan fingerprint density at radius 1 is 1.11 bits per heavy atom. The first kappa shape index (κ1) is 17.4.